The van der Waals surface area contributed by atoms with E-state index in [0.29, 0.717) is 5.92 Å². The smallest absolute Gasteiger partial charge is 0.129 e. The number of nitrogens with zero attached hydrogens (tertiary/aromatic N) is 1. The first-order valence-corrected chi connectivity index (χ1v) is 4.33. The number of rotatable bonds is 0. The molecule has 2 bridgehead atoms. The molecule has 1 N–H and O–H groups in total. The molecule has 1 aliphatic carbocycles. The van der Waals surface area contributed by atoms with Crippen LogP contribution in [-0.2, 0) is 6.42 Å². The molecule has 1 unspecified atom stereocenters. The second-order valence-corrected chi connectivity index (χ2v) is 3.43. The SMILES string of the molecule is C1=CC2CNc3nccc1c3C2. The zero-order chi connectivity index (χ0) is 7.97. The lowest BCUT2D eigenvalue weighted by Gasteiger charge is -2.27. The van der Waals surface area contributed by atoms with E-state index in [1.165, 1.54) is 17.5 Å². The third-order valence-electron chi connectivity index (χ3n) is 2.64. The fraction of sp³-hybridized carbons (Fsp3) is 0.300. The maximum atomic E-state index is 4.30. The maximum absolute atomic E-state index is 4.30. The molecule has 0 fully saturated rings. The van der Waals surface area contributed by atoms with Crippen LogP contribution in [0.5, 0.6) is 0 Å². The summed E-state index contributed by atoms with van der Waals surface area (Å²) in [5.41, 5.74) is 2.74. The minimum atomic E-state index is 0.689. The van der Waals surface area contributed by atoms with E-state index < -0.39 is 0 Å². The number of fused-ring (bicyclic) bond motifs is 1. The van der Waals surface area contributed by atoms with Crippen LogP contribution in [0, 0.1) is 5.92 Å². The molecule has 3 rings (SSSR count). The van der Waals surface area contributed by atoms with Gasteiger partial charge >= 0.3 is 0 Å². The Balaban J connectivity index is 2.29. The number of aromatic nitrogens is 1. The van der Waals surface area contributed by atoms with Gasteiger partial charge < -0.3 is 5.32 Å². The van der Waals surface area contributed by atoms with Crippen LogP contribution in [0.3, 0.4) is 0 Å². The highest BCUT2D eigenvalue weighted by atomic mass is 15.0. The van der Waals surface area contributed by atoms with Gasteiger partial charge in [-0.25, -0.2) is 4.98 Å². The topological polar surface area (TPSA) is 24.9 Å². The zero-order valence-corrected chi connectivity index (χ0v) is 6.75. The largest absolute Gasteiger partial charge is 0.369 e. The lowest BCUT2D eigenvalue weighted by atomic mass is 9.87. The average Bonchev–Trinajstić information content (AvgIpc) is 2.17. The molecule has 1 aromatic rings. The normalized spacial score (nSPS) is 23.5. The van der Waals surface area contributed by atoms with Crippen molar-refractivity contribution in [3.63, 3.8) is 0 Å². The number of pyridine rings is 1. The first kappa shape index (κ1) is 6.23. The molecule has 0 aromatic carbocycles. The van der Waals surface area contributed by atoms with Crippen LogP contribution in [0.1, 0.15) is 11.1 Å². The lowest BCUT2D eigenvalue weighted by molar-refractivity contribution is 0.649. The molecule has 2 aliphatic rings. The maximum Gasteiger partial charge on any atom is 0.129 e. The van der Waals surface area contributed by atoms with Crippen molar-refractivity contribution in [3.05, 3.63) is 29.5 Å². The van der Waals surface area contributed by atoms with E-state index >= 15 is 0 Å². The Morgan fingerprint density at radius 1 is 1.50 bits per heavy atom. The van der Waals surface area contributed by atoms with E-state index in [2.05, 4.69) is 28.5 Å². The number of anilines is 1. The fourth-order valence-corrected chi connectivity index (χ4v) is 1.97. The first-order chi connectivity index (χ1) is 5.93. The van der Waals surface area contributed by atoms with Crippen molar-refractivity contribution >= 4 is 11.9 Å². The Morgan fingerprint density at radius 2 is 2.50 bits per heavy atom. The Hall–Kier alpha value is -1.31. The summed E-state index contributed by atoms with van der Waals surface area (Å²) in [6.45, 7) is 1.04. The van der Waals surface area contributed by atoms with Crippen LogP contribution in [0.2, 0.25) is 0 Å². The highest BCUT2D eigenvalue weighted by Gasteiger charge is 2.21. The van der Waals surface area contributed by atoms with Crippen LogP contribution in [0.25, 0.3) is 6.08 Å². The van der Waals surface area contributed by atoms with Crippen molar-refractivity contribution in [2.75, 3.05) is 11.9 Å². The Kier molecular flexibility index (Phi) is 1.09. The summed E-state index contributed by atoms with van der Waals surface area (Å²) < 4.78 is 0. The zero-order valence-electron chi connectivity index (χ0n) is 6.75. The summed E-state index contributed by atoms with van der Waals surface area (Å²) in [6.07, 6.45) is 7.55. The third-order valence-corrected chi connectivity index (χ3v) is 2.64. The minimum Gasteiger partial charge on any atom is -0.369 e. The van der Waals surface area contributed by atoms with Gasteiger partial charge in [0, 0.05) is 18.3 Å². The van der Waals surface area contributed by atoms with Crippen LogP contribution in [-0.4, -0.2) is 11.5 Å². The molecule has 1 aliphatic heterocycles. The molecule has 0 saturated carbocycles. The van der Waals surface area contributed by atoms with Crippen molar-refractivity contribution in [1.82, 2.24) is 4.98 Å². The molecule has 60 valence electrons. The first-order valence-electron chi connectivity index (χ1n) is 4.33. The minimum absolute atomic E-state index is 0.689. The lowest BCUT2D eigenvalue weighted by Crippen LogP contribution is -2.25. The van der Waals surface area contributed by atoms with Gasteiger partial charge in [-0.1, -0.05) is 12.2 Å². The quantitative estimate of drug-likeness (QED) is 0.621. The van der Waals surface area contributed by atoms with Gasteiger partial charge in [0.2, 0.25) is 0 Å². The molecule has 2 nitrogen and oxygen atoms in total. The molecule has 0 amide bonds. The van der Waals surface area contributed by atoms with Crippen molar-refractivity contribution in [2.45, 2.75) is 6.42 Å². The van der Waals surface area contributed by atoms with Gasteiger partial charge in [0.1, 0.15) is 5.82 Å². The average molecular weight is 158 g/mol. The monoisotopic (exact) mass is 158 g/mol. The number of hydrogen-bond acceptors (Lipinski definition) is 2. The summed E-state index contributed by atoms with van der Waals surface area (Å²) in [6, 6.07) is 2.08. The van der Waals surface area contributed by atoms with Crippen LogP contribution in [0.4, 0.5) is 5.82 Å². The second-order valence-electron chi connectivity index (χ2n) is 3.43. The summed E-state index contributed by atoms with van der Waals surface area (Å²) in [7, 11) is 0. The molecule has 2 heterocycles. The molecular weight excluding hydrogens is 148 g/mol. The Morgan fingerprint density at radius 3 is 3.50 bits per heavy atom. The predicted octanol–water partition coefficient (Wildman–Crippen LogP) is 1.69. The number of hydrogen-bond donors (Lipinski definition) is 1. The summed E-state index contributed by atoms with van der Waals surface area (Å²) in [4.78, 5) is 4.30. The Bertz CT molecular complexity index is 355. The molecule has 0 spiro atoms. The van der Waals surface area contributed by atoms with Gasteiger partial charge in [-0.3, -0.25) is 0 Å². The van der Waals surface area contributed by atoms with Crippen molar-refractivity contribution in [3.8, 4) is 0 Å². The Labute approximate surface area is 71.3 Å². The van der Waals surface area contributed by atoms with Gasteiger partial charge in [0.25, 0.3) is 0 Å². The molecule has 0 radical (unpaired) electrons. The summed E-state index contributed by atoms with van der Waals surface area (Å²) >= 11 is 0. The summed E-state index contributed by atoms with van der Waals surface area (Å²) in [5, 5.41) is 3.34. The van der Waals surface area contributed by atoms with Crippen molar-refractivity contribution in [1.29, 1.82) is 0 Å². The van der Waals surface area contributed by atoms with E-state index in [4.69, 9.17) is 0 Å². The molecule has 1 atom stereocenters. The van der Waals surface area contributed by atoms with Crippen LogP contribution in [0.15, 0.2) is 18.3 Å². The van der Waals surface area contributed by atoms with Crippen LogP contribution < -0.4 is 5.32 Å². The summed E-state index contributed by atoms with van der Waals surface area (Å²) in [5.74, 6) is 1.78. The van der Waals surface area contributed by atoms with Gasteiger partial charge in [-0.2, -0.15) is 0 Å². The molecular formula is C10H10N2. The van der Waals surface area contributed by atoms with E-state index in [1.807, 2.05) is 6.20 Å². The van der Waals surface area contributed by atoms with E-state index in [1.54, 1.807) is 0 Å². The van der Waals surface area contributed by atoms with Gasteiger partial charge in [-0.05, 0) is 24.0 Å². The predicted molar refractivity (Wildman–Crippen MR) is 49.0 cm³/mol. The standard InChI is InChI=1S/C10H10N2/c1-2-8-3-4-11-10-9(8)5-7(1)6-12-10/h1-4,7H,5-6H2,(H,11,12). The molecule has 12 heavy (non-hydrogen) atoms. The molecule has 0 saturated heterocycles. The van der Waals surface area contributed by atoms with E-state index in [-0.39, 0.29) is 0 Å². The van der Waals surface area contributed by atoms with Gasteiger partial charge in [0.05, 0.1) is 0 Å². The van der Waals surface area contributed by atoms with E-state index in [0.717, 1.165) is 12.4 Å². The fourth-order valence-electron chi connectivity index (χ4n) is 1.97. The van der Waals surface area contributed by atoms with Gasteiger partial charge in [-0.15, -0.1) is 0 Å². The highest BCUT2D eigenvalue weighted by molar-refractivity contribution is 5.65. The van der Waals surface area contributed by atoms with E-state index in [9.17, 15) is 0 Å². The van der Waals surface area contributed by atoms with Crippen molar-refractivity contribution < 1.29 is 0 Å². The van der Waals surface area contributed by atoms with Gasteiger partial charge in [0.15, 0.2) is 0 Å². The highest BCUT2D eigenvalue weighted by Crippen LogP contribution is 2.31. The molecule has 1 aromatic heterocycles. The second kappa shape index (κ2) is 2.09. The number of nitrogens with one attached hydrogen (secondary N) is 1. The van der Waals surface area contributed by atoms with Crippen molar-refractivity contribution in [2.24, 2.45) is 5.92 Å². The third kappa shape index (κ3) is 0.721. The van der Waals surface area contributed by atoms with Crippen LogP contribution >= 0.6 is 0 Å². The molecule has 2 heteroatoms.